The Morgan fingerprint density at radius 3 is 2.73 bits per heavy atom. The Labute approximate surface area is 156 Å². The van der Waals surface area contributed by atoms with Crippen molar-refractivity contribution in [3.8, 4) is 0 Å². The SMILES string of the molecule is C[C@H](CC/C=C/C(=O)NCC1CCCCC1)OC1O[C@@H](C)[C@H](O)C[C@H]1O. The molecule has 0 bridgehead atoms. The molecule has 1 saturated heterocycles. The largest absolute Gasteiger partial charge is 0.390 e. The van der Waals surface area contributed by atoms with E-state index in [1.807, 2.05) is 13.0 Å². The third-order valence-corrected chi connectivity index (χ3v) is 5.35. The summed E-state index contributed by atoms with van der Waals surface area (Å²) in [6, 6.07) is 0. The zero-order valence-electron chi connectivity index (χ0n) is 16.1. The first-order valence-corrected chi connectivity index (χ1v) is 10.1. The Morgan fingerprint density at radius 1 is 1.27 bits per heavy atom. The summed E-state index contributed by atoms with van der Waals surface area (Å²) in [5.41, 5.74) is 0. The maximum atomic E-state index is 11.9. The van der Waals surface area contributed by atoms with Crippen molar-refractivity contribution >= 4 is 5.91 Å². The number of aliphatic hydroxyl groups is 2. The van der Waals surface area contributed by atoms with Crippen molar-refractivity contribution in [3.63, 3.8) is 0 Å². The molecule has 1 aliphatic heterocycles. The summed E-state index contributed by atoms with van der Waals surface area (Å²) in [5.74, 6) is 0.607. The molecule has 6 heteroatoms. The maximum absolute atomic E-state index is 11.9. The molecule has 1 amide bonds. The van der Waals surface area contributed by atoms with Crippen molar-refractivity contribution in [1.29, 1.82) is 0 Å². The summed E-state index contributed by atoms with van der Waals surface area (Å²) in [6.45, 7) is 4.47. The number of carbonyl (C=O) groups is 1. The first-order valence-electron chi connectivity index (χ1n) is 10.1. The standard InChI is InChI=1S/C20H35NO5/c1-14(25-20-18(23)12-17(22)15(2)26-20)8-6-7-11-19(24)21-13-16-9-4-3-5-10-16/h7,11,14-18,20,22-23H,3-6,8-10,12-13H2,1-2H3,(H,21,24)/b11-7+/t14-,15+,17-,18-,20?/m1/s1. The van der Waals surface area contributed by atoms with Gasteiger partial charge in [-0.05, 0) is 51.5 Å². The smallest absolute Gasteiger partial charge is 0.243 e. The number of hydrogen-bond acceptors (Lipinski definition) is 5. The van der Waals surface area contributed by atoms with Gasteiger partial charge in [0.2, 0.25) is 5.91 Å². The van der Waals surface area contributed by atoms with E-state index in [4.69, 9.17) is 9.47 Å². The van der Waals surface area contributed by atoms with Crippen LogP contribution in [0.25, 0.3) is 0 Å². The fourth-order valence-electron chi connectivity index (χ4n) is 3.58. The lowest BCUT2D eigenvalue weighted by Crippen LogP contribution is -2.48. The number of carbonyl (C=O) groups excluding carboxylic acids is 1. The van der Waals surface area contributed by atoms with Gasteiger partial charge in [0.1, 0.15) is 6.10 Å². The van der Waals surface area contributed by atoms with Crippen molar-refractivity contribution in [2.75, 3.05) is 6.54 Å². The van der Waals surface area contributed by atoms with Gasteiger partial charge in [0, 0.05) is 13.0 Å². The number of hydrogen-bond donors (Lipinski definition) is 3. The van der Waals surface area contributed by atoms with Gasteiger partial charge in [-0.1, -0.05) is 25.3 Å². The van der Waals surface area contributed by atoms with Crippen LogP contribution in [0.4, 0.5) is 0 Å². The molecule has 2 fully saturated rings. The van der Waals surface area contributed by atoms with E-state index in [1.54, 1.807) is 13.0 Å². The van der Waals surface area contributed by atoms with Crippen molar-refractivity contribution in [2.45, 2.75) is 95.9 Å². The van der Waals surface area contributed by atoms with Gasteiger partial charge >= 0.3 is 0 Å². The molecule has 0 aromatic rings. The van der Waals surface area contributed by atoms with E-state index in [0.29, 0.717) is 5.92 Å². The molecule has 1 heterocycles. The molecule has 6 nitrogen and oxygen atoms in total. The Kier molecular flexibility index (Phi) is 9.05. The van der Waals surface area contributed by atoms with E-state index in [2.05, 4.69) is 5.32 Å². The van der Waals surface area contributed by atoms with Crippen molar-refractivity contribution in [1.82, 2.24) is 5.32 Å². The minimum atomic E-state index is -0.815. The van der Waals surface area contributed by atoms with Gasteiger partial charge in [-0.25, -0.2) is 0 Å². The van der Waals surface area contributed by atoms with Gasteiger partial charge in [0.15, 0.2) is 6.29 Å². The fraction of sp³-hybridized carbons (Fsp3) is 0.850. The van der Waals surface area contributed by atoms with E-state index >= 15 is 0 Å². The molecule has 1 saturated carbocycles. The third-order valence-electron chi connectivity index (χ3n) is 5.35. The highest BCUT2D eigenvalue weighted by atomic mass is 16.7. The van der Waals surface area contributed by atoms with Crippen LogP contribution in [0.2, 0.25) is 0 Å². The average molecular weight is 370 g/mol. The zero-order valence-corrected chi connectivity index (χ0v) is 16.1. The number of allylic oxidation sites excluding steroid dienone is 1. The van der Waals surface area contributed by atoms with Gasteiger partial charge < -0.3 is 25.0 Å². The van der Waals surface area contributed by atoms with Crippen LogP contribution in [0.5, 0.6) is 0 Å². The van der Waals surface area contributed by atoms with Crippen LogP contribution in [-0.4, -0.2) is 53.4 Å². The molecule has 1 aliphatic carbocycles. The van der Waals surface area contributed by atoms with Crippen molar-refractivity contribution in [2.24, 2.45) is 5.92 Å². The second-order valence-electron chi connectivity index (χ2n) is 7.76. The molecule has 26 heavy (non-hydrogen) atoms. The van der Waals surface area contributed by atoms with E-state index in [1.165, 1.54) is 32.1 Å². The highest BCUT2D eigenvalue weighted by Crippen LogP contribution is 2.23. The molecule has 0 aromatic heterocycles. The molecule has 150 valence electrons. The Balaban J connectivity index is 1.59. The van der Waals surface area contributed by atoms with Crippen LogP contribution < -0.4 is 5.32 Å². The van der Waals surface area contributed by atoms with Crippen LogP contribution in [0.3, 0.4) is 0 Å². The van der Waals surface area contributed by atoms with Crippen LogP contribution in [0, 0.1) is 5.92 Å². The molecule has 2 aliphatic rings. The lowest BCUT2D eigenvalue weighted by molar-refractivity contribution is -0.273. The Hall–Kier alpha value is -0.950. The molecule has 5 atom stereocenters. The lowest BCUT2D eigenvalue weighted by atomic mass is 9.89. The van der Waals surface area contributed by atoms with Crippen LogP contribution in [-0.2, 0) is 14.3 Å². The van der Waals surface area contributed by atoms with Gasteiger partial charge in [0.25, 0.3) is 0 Å². The van der Waals surface area contributed by atoms with Gasteiger partial charge in [-0.3, -0.25) is 4.79 Å². The first-order chi connectivity index (χ1) is 12.5. The molecule has 3 N–H and O–H groups in total. The summed E-state index contributed by atoms with van der Waals surface area (Å²) in [5, 5.41) is 22.6. The fourth-order valence-corrected chi connectivity index (χ4v) is 3.58. The highest BCUT2D eigenvalue weighted by molar-refractivity contribution is 5.87. The van der Waals surface area contributed by atoms with E-state index in [-0.39, 0.29) is 24.5 Å². The maximum Gasteiger partial charge on any atom is 0.243 e. The van der Waals surface area contributed by atoms with Gasteiger partial charge in [0.05, 0.1) is 18.3 Å². The summed E-state index contributed by atoms with van der Waals surface area (Å²) in [6.07, 6.45) is 8.90. The number of rotatable bonds is 8. The molecule has 1 unspecified atom stereocenters. The third kappa shape index (κ3) is 7.35. The summed E-state index contributed by atoms with van der Waals surface area (Å²) in [7, 11) is 0. The second-order valence-corrected chi connectivity index (χ2v) is 7.76. The number of ether oxygens (including phenoxy) is 2. The van der Waals surface area contributed by atoms with Crippen molar-refractivity contribution < 1.29 is 24.5 Å². The second kappa shape index (κ2) is 11.0. The summed E-state index contributed by atoms with van der Waals surface area (Å²) in [4.78, 5) is 11.9. The molecule has 0 aromatic carbocycles. The highest BCUT2D eigenvalue weighted by Gasteiger charge is 2.35. The predicted molar refractivity (Wildman–Crippen MR) is 99.5 cm³/mol. The predicted octanol–water partition coefficient (Wildman–Crippen LogP) is 2.28. The van der Waals surface area contributed by atoms with Crippen LogP contribution >= 0.6 is 0 Å². The Bertz CT molecular complexity index is 449. The van der Waals surface area contributed by atoms with Crippen molar-refractivity contribution in [3.05, 3.63) is 12.2 Å². The quantitative estimate of drug-likeness (QED) is 0.571. The van der Waals surface area contributed by atoms with Crippen LogP contribution in [0.1, 0.15) is 65.2 Å². The topological polar surface area (TPSA) is 88.0 Å². The minimum Gasteiger partial charge on any atom is -0.390 e. The van der Waals surface area contributed by atoms with E-state index in [0.717, 1.165) is 19.4 Å². The van der Waals surface area contributed by atoms with Crippen LogP contribution in [0.15, 0.2) is 12.2 Å². The minimum absolute atomic E-state index is 0.0296. The summed E-state index contributed by atoms with van der Waals surface area (Å²) < 4.78 is 11.2. The van der Waals surface area contributed by atoms with E-state index in [9.17, 15) is 15.0 Å². The molecule has 0 spiro atoms. The molecular weight excluding hydrogens is 334 g/mol. The normalized spacial score (nSPS) is 31.8. The monoisotopic (exact) mass is 369 g/mol. The zero-order chi connectivity index (χ0) is 18.9. The lowest BCUT2D eigenvalue weighted by Gasteiger charge is -2.36. The summed E-state index contributed by atoms with van der Waals surface area (Å²) >= 11 is 0. The average Bonchev–Trinajstić information content (AvgIpc) is 2.62. The number of amides is 1. The molecule has 0 radical (unpaired) electrons. The molecular formula is C20H35NO5. The number of aliphatic hydroxyl groups excluding tert-OH is 2. The van der Waals surface area contributed by atoms with E-state index < -0.39 is 18.5 Å². The number of nitrogens with one attached hydrogen (secondary N) is 1. The van der Waals surface area contributed by atoms with Gasteiger partial charge in [-0.2, -0.15) is 0 Å². The van der Waals surface area contributed by atoms with Gasteiger partial charge in [-0.15, -0.1) is 0 Å². The Morgan fingerprint density at radius 2 is 2.00 bits per heavy atom. The molecule has 2 rings (SSSR count). The first kappa shape index (κ1) is 21.4.